The van der Waals surface area contributed by atoms with Gasteiger partial charge in [0.2, 0.25) is 0 Å². The Morgan fingerprint density at radius 2 is 2.08 bits per heavy atom. The SMILES string of the molecule is CC#CC1(OC(N)=O)CCCC1. The van der Waals surface area contributed by atoms with Gasteiger partial charge in [-0.25, -0.2) is 4.79 Å². The Hall–Kier alpha value is -1.17. The summed E-state index contributed by atoms with van der Waals surface area (Å²) in [4.78, 5) is 10.6. The second-order valence-electron chi connectivity index (χ2n) is 3.00. The fourth-order valence-corrected chi connectivity index (χ4v) is 1.62. The van der Waals surface area contributed by atoms with E-state index in [0.717, 1.165) is 25.7 Å². The maximum Gasteiger partial charge on any atom is 0.406 e. The molecule has 12 heavy (non-hydrogen) atoms. The van der Waals surface area contributed by atoms with Crippen LogP contribution in [0, 0.1) is 11.8 Å². The van der Waals surface area contributed by atoms with E-state index < -0.39 is 11.7 Å². The van der Waals surface area contributed by atoms with E-state index in [9.17, 15) is 4.79 Å². The van der Waals surface area contributed by atoms with Crippen molar-refractivity contribution in [2.24, 2.45) is 5.73 Å². The number of carbonyl (C=O) groups is 1. The van der Waals surface area contributed by atoms with E-state index in [1.54, 1.807) is 6.92 Å². The molecule has 0 aliphatic heterocycles. The molecule has 1 aliphatic carbocycles. The van der Waals surface area contributed by atoms with Crippen LogP contribution in [0.25, 0.3) is 0 Å². The lowest BCUT2D eigenvalue weighted by Crippen LogP contribution is -2.32. The predicted molar refractivity (Wildman–Crippen MR) is 45.3 cm³/mol. The molecule has 0 aromatic rings. The Kier molecular flexibility index (Phi) is 2.59. The van der Waals surface area contributed by atoms with E-state index in [4.69, 9.17) is 10.5 Å². The predicted octanol–water partition coefficient (Wildman–Crippen LogP) is 1.42. The standard InChI is InChI=1S/C9H13NO2/c1-2-5-9(12-8(10)11)6-3-4-7-9/h3-4,6-7H2,1H3,(H2,10,11). The van der Waals surface area contributed by atoms with Gasteiger partial charge in [-0.1, -0.05) is 5.92 Å². The highest BCUT2D eigenvalue weighted by Gasteiger charge is 2.35. The lowest BCUT2D eigenvalue weighted by atomic mass is 10.0. The van der Waals surface area contributed by atoms with Crippen LogP contribution in [0.1, 0.15) is 32.6 Å². The van der Waals surface area contributed by atoms with E-state index in [-0.39, 0.29) is 0 Å². The number of primary amides is 1. The van der Waals surface area contributed by atoms with E-state index in [0.29, 0.717) is 0 Å². The number of nitrogens with two attached hydrogens (primary N) is 1. The topological polar surface area (TPSA) is 52.3 Å². The molecule has 1 saturated carbocycles. The van der Waals surface area contributed by atoms with Gasteiger partial charge >= 0.3 is 6.09 Å². The molecule has 0 heterocycles. The molecule has 0 saturated heterocycles. The summed E-state index contributed by atoms with van der Waals surface area (Å²) in [5, 5.41) is 0. The van der Waals surface area contributed by atoms with Gasteiger partial charge in [-0.3, -0.25) is 0 Å². The van der Waals surface area contributed by atoms with Crippen molar-refractivity contribution in [3.63, 3.8) is 0 Å². The summed E-state index contributed by atoms with van der Waals surface area (Å²) >= 11 is 0. The highest BCUT2D eigenvalue weighted by Crippen LogP contribution is 2.32. The highest BCUT2D eigenvalue weighted by molar-refractivity contribution is 5.65. The van der Waals surface area contributed by atoms with Gasteiger partial charge in [0, 0.05) is 0 Å². The van der Waals surface area contributed by atoms with Gasteiger partial charge in [-0.15, -0.1) is 5.92 Å². The second-order valence-corrected chi connectivity index (χ2v) is 3.00. The Morgan fingerprint density at radius 1 is 1.50 bits per heavy atom. The minimum Gasteiger partial charge on any atom is -0.430 e. The molecular weight excluding hydrogens is 154 g/mol. The Balaban J connectivity index is 2.69. The average Bonchev–Trinajstić information content (AvgIpc) is 2.36. The number of amides is 1. The lowest BCUT2D eigenvalue weighted by Gasteiger charge is -2.21. The third kappa shape index (κ3) is 1.91. The molecule has 3 nitrogen and oxygen atoms in total. The first-order valence-corrected chi connectivity index (χ1v) is 4.11. The molecule has 1 aliphatic rings. The van der Waals surface area contributed by atoms with Gasteiger partial charge in [0.05, 0.1) is 0 Å². The molecular formula is C9H13NO2. The Labute approximate surface area is 72.3 Å². The molecule has 3 heteroatoms. The van der Waals surface area contributed by atoms with Gasteiger partial charge in [0.25, 0.3) is 0 Å². The van der Waals surface area contributed by atoms with E-state index >= 15 is 0 Å². The first-order valence-electron chi connectivity index (χ1n) is 4.11. The van der Waals surface area contributed by atoms with Crippen LogP contribution >= 0.6 is 0 Å². The van der Waals surface area contributed by atoms with Crippen molar-refractivity contribution in [3.05, 3.63) is 0 Å². The van der Waals surface area contributed by atoms with Crippen LogP contribution in [-0.2, 0) is 4.74 Å². The van der Waals surface area contributed by atoms with Crippen LogP contribution in [0.2, 0.25) is 0 Å². The monoisotopic (exact) mass is 167 g/mol. The minimum atomic E-state index is -0.723. The lowest BCUT2D eigenvalue weighted by molar-refractivity contribution is 0.0658. The van der Waals surface area contributed by atoms with Crippen molar-refractivity contribution in [2.45, 2.75) is 38.2 Å². The summed E-state index contributed by atoms with van der Waals surface area (Å²) < 4.78 is 5.00. The van der Waals surface area contributed by atoms with Gasteiger partial charge in [-0.2, -0.15) is 0 Å². The number of rotatable bonds is 1. The normalized spacial score (nSPS) is 19.4. The highest BCUT2D eigenvalue weighted by atomic mass is 16.6. The van der Waals surface area contributed by atoms with Gasteiger partial charge in [0.15, 0.2) is 5.60 Å². The maximum atomic E-state index is 10.6. The summed E-state index contributed by atoms with van der Waals surface area (Å²) in [7, 11) is 0. The molecule has 1 rings (SSSR count). The van der Waals surface area contributed by atoms with E-state index in [1.165, 1.54) is 0 Å². The van der Waals surface area contributed by atoms with Gasteiger partial charge < -0.3 is 10.5 Å². The summed E-state index contributed by atoms with van der Waals surface area (Å²) in [5.74, 6) is 5.69. The van der Waals surface area contributed by atoms with Crippen LogP contribution in [0.4, 0.5) is 4.79 Å². The zero-order valence-electron chi connectivity index (χ0n) is 7.22. The molecule has 0 aromatic heterocycles. The van der Waals surface area contributed by atoms with Crippen molar-refractivity contribution >= 4 is 6.09 Å². The molecule has 0 aromatic carbocycles. The summed E-state index contributed by atoms with van der Waals surface area (Å²) in [6.45, 7) is 1.74. The first-order chi connectivity index (χ1) is 5.68. The van der Waals surface area contributed by atoms with Crippen LogP contribution in [0.5, 0.6) is 0 Å². The fraction of sp³-hybridized carbons (Fsp3) is 0.667. The molecule has 0 atom stereocenters. The zero-order chi connectivity index (χ0) is 9.03. The summed E-state index contributed by atoms with van der Waals surface area (Å²) in [6.07, 6.45) is 3.02. The Morgan fingerprint density at radius 3 is 2.50 bits per heavy atom. The molecule has 0 unspecified atom stereocenters. The van der Waals surface area contributed by atoms with Crippen molar-refractivity contribution in [1.29, 1.82) is 0 Å². The third-order valence-corrected chi connectivity index (χ3v) is 2.06. The Bertz CT molecular complexity index is 231. The fourth-order valence-electron chi connectivity index (χ4n) is 1.62. The van der Waals surface area contributed by atoms with Gasteiger partial charge in [0.1, 0.15) is 0 Å². The number of carbonyl (C=O) groups excluding carboxylic acids is 1. The molecule has 66 valence electrons. The van der Waals surface area contributed by atoms with E-state index in [2.05, 4.69) is 11.8 Å². The average molecular weight is 167 g/mol. The van der Waals surface area contributed by atoms with Gasteiger partial charge in [-0.05, 0) is 32.6 Å². The smallest absolute Gasteiger partial charge is 0.406 e. The van der Waals surface area contributed by atoms with Crippen LogP contribution < -0.4 is 5.73 Å². The third-order valence-electron chi connectivity index (χ3n) is 2.06. The van der Waals surface area contributed by atoms with Crippen molar-refractivity contribution in [1.82, 2.24) is 0 Å². The minimum absolute atomic E-state index is 0.569. The van der Waals surface area contributed by atoms with Crippen LogP contribution in [0.3, 0.4) is 0 Å². The zero-order valence-corrected chi connectivity index (χ0v) is 7.22. The molecule has 1 fully saturated rings. The van der Waals surface area contributed by atoms with Crippen LogP contribution in [-0.4, -0.2) is 11.7 Å². The second kappa shape index (κ2) is 3.48. The van der Waals surface area contributed by atoms with E-state index in [1.807, 2.05) is 0 Å². The van der Waals surface area contributed by atoms with Crippen molar-refractivity contribution in [3.8, 4) is 11.8 Å². The number of hydrogen-bond acceptors (Lipinski definition) is 2. The largest absolute Gasteiger partial charge is 0.430 e. The molecule has 0 spiro atoms. The number of hydrogen-bond donors (Lipinski definition) is 1. The quantitative estimate of drug-likeness (QED) is 0.600. The van der Waals surface area contributed by atoms with Crippen LogP contribution in [0.15, 0.2) is 0 Å². The molecule has 2 N–H and O–H groups in total. The maximum absolute atomic E-state index is 10.6. The summed E-state index contributed by atoms with van der Waals surface area (Å²) in [5.41, 5.74) is 4.39. The number of ether oxygens (including phenoxy) is 1. The first kappa shape index (κ1) is 8.92. The molecule has 0 bridgehead atoms. The van der Waals surface area contributed by atoms with Crippen molar-refractivity contribution < 1.29 is 9.53 Å². The molecule has 0 radical (unpaired) electrons. The van der Waals surface area contributed by atoms with Crippen molar-refractivity contribution in [2.75, 3.05) is 0 Å². The summed E-state index contributed by atoms with van der Waals surface area (Å²) in [6, 6.07) is 0. The molecule has 1 amide bonds.